The maximum absolute atomic E-state index is 12.7. The highest BCUT2D eigenvalue weighted by atomic mass is 16.5. The third kappa shape index (κ3) is 6.47. The van der Waals surface area contributed by atoms with Crippen molar-refractivity contribution in [3.8, 4) is 0 Å². The molecule has 0 saturated carbocycles. The first-order valence-electron chi connectivity index (χ1n) is 12.3. The minimum atomic E-state index is -0.300. The number of likely N-dealkylation sites (tertiary alicyclic amines) is 1. The zero-order chi connectivity index (χ0) is 23.9. The summed E-state index contributed by atoms with van der Waals surface area (Å²) in [6.45, 7) is 7.80. The highest BCUT2D eigenvalue weighted by molar-refractivity contribution is 5.95. The Morgan fingerprint density at radius 3 is 2.26 bits per heavy atom. The van der Waals surface area contributed by atoms with Gasteiger partial charge in [-0.3, -0.25) is 4.79 Å². The molecule has 2 aromatic rings. The number of pyridine rings is 1. The molecule has 1 aromatic heterocycles. The first kappa shape index (κ1) is 24.0. The first-order chi connectivity index (χ1) is 16.5. The molecule has 8 nitrogen and oxygen atoms in total. The van der Waals surface area contributed by atoms with Gasteiger partial charge in [-0.05, 0) is 62.6 Å². The van der Waals surface area contributed by atoms with Crippen LogP contribution in [0.5, 0.6) is 0 Å². The molecule has 0 spiro atoms. The van der Waals surface area contributed by atoms with Crippen molar-refractivity contribution in [2.75, 3.05) is 36.4 Å². The lowest BCUT2D eigenvalue weighted by Crippen LogP contribution is -2.45. The molecule has 3 amide bonds. The average Bonchev–Trinajstić information content (AvgIpc) is 3.12. The molecular formula is C26H35N5O3. The van der Waals surface area contributed by atoms with Gasteiger partial charge in [0.1, 0.15) is 5.82 Å². The summed E-state index contributed by atoms with van der Waals surface area (Å²) < 4.78 is 5.78. The lowest BCUT2D eigenvalue weighted by molar-refractivity contribution is -0.00546. The molecule has 2 aliphatic heterocycles. The molecule has 2 saturated heterocycles. The number of anilines is 2. The van der Waals surface area contributed by atoms with Gasteiger partial charge in [0.2, 0.25) is 0 Å². The maximum Gasteiger partial charge on any atom is 0.319 e. The fourth-order valence-electron chi connectivity index (χ4n) is 4.58. The molecule has 0 aliphatic carbocycles. The van der Waals surface area contributed by atoms with Crippen molar-refractivity contribution in [3.05, 3.63) is 53.7 Å². The Kier molecular flexibility index (Phi) is 8.00. The van der Waals surface area contributed by atoms with Crippen molar-refractivity contribution in [2.45, 2.75) is 58.3 Å². The lowest BCUT2D eigenvalue weighted by atomic mass is 10.1. The van der Waals surface area contributed by atoms with Crippen molar-refractivity contribution < 1.29 is 14.3 Å². The number of aromatic nitrogens is 1. The van der Waals surface area contributed by atoms with Crippen LogP contribution < -0.4 is 15.5 Å². The molecule has 182 valence electrons. The molecule has 0 bridgehead atoms. The van der Waals surface area contributed by atoms with Gasteiger partial charge in [0.05, 0.1) is 12.2 Å². The van der Waals surface area contributed by atoms with Crippen molar-refractivity contribution in [3.63, 3.8) is 0 Å². The fourth-order valence-corrected chi connectivity index (χ4v) is 4.58. The number of morpholine rings is 1. The summed E-state index contributed by atoms with van der Waals surface area (Å²) in [5, 5.41) is 5.68. The predicted octanol–water partition coefficient (Wildman–Crippen LogP) is 4.03. The van der Waals surface area contributed by atoms with E-state index < -0.39 is 0 Å². The van der Waals surface area contributed by atoms with E-state index in [0.29, 0.717) is 17.8 Å². The molecule has 2 N–H and O–H groups in total. The quantitative estimate of drug-likeness (QED) is 0.696. The fraction of sp³-hybridized carbons (Fsp3) is 0.500. The Labute approximate surface area is 201 Å². The van der Waals surface area contributed by atoms with Crippen molar-refractivity contribution in [1.82, 2.24) is 15.2 Å². The van der Waals surface area contributed by atoms with Crippen LogP contribution in [-0.4, -0.2) is 60.2 Å². The second-order valence-electron chi connectivity index (χ2n) is 9.28. The Balaban J connectivity index is 1.25. The van der Waals surface area contributed by atoms with E-state index in [-0.39, 0.29) is 24.1 Å². The molecule has 34 heavy (non-hydrogen) atoms. The Hall–Kier alpha value is -3.13. The van der Waals surface area contributed by atoms with Gasteiger partial charge in [-0.15, -0.1) is 0 Å². The van der Waals surface area contributed by atoms with Crippen LogP contribution in [0.25, 0.3) is 0 Å². The number of urea groups is 1. The van der Waals surface area contributed by atoms with Crippen LogP contribution in [-0.2, 0) is 11.3 Å². The Bertz CT molecular complexity index is 945. The van der Waals surface area contributed by atoms with Crippen LogP contribution in [0.4, 0.5) is 16.3 Å². The molecule has 0 radical (unpaired) electrons. The number of rotatable bonds is 5. The van der Waals surface area contributed by atoms with Gasteiger partial charge in [0, 0.05) is 50.2 Å². The minimum absolute atomic E-state index is 0.0647. The van der Waals surface area contributed by atoms with Gasteiger partial charge in [0.25, 0.3) is 5.91 Å². The molecule has 2 aliphatic rings. The van der Waals surface area contributed by atoms with Crippen molar-refractivity contribution in [2.24, 2.45) is 0 Å². The van der Waals surface area contributed by atoms with Crippen LogP contribution in [0.1, 0.15) is 55.5 Å². The lowest BCUT2D eigenvalue weighted by Gasteiger charge is -2.36. The molecule has 4 rings (SSSR count). The summed E-state index contributed by atoms with van der Waals surface area (Å²) in [6, 6.07) is 10.8. The highest BCUT2D eigenvalue weighted by Gasteiger charge is 2.23. The maximum atomic E-state index is 12.7. The molecular weight excluding hydrogens is 430 g/mol. The van der Waals surface area contributed by atoms with Crippen LogP contribution >= 0.6 is 0 Å². The smallest absolute Gasteiger partial charge is 0.319 e. The van der Waals surface area contributed by atoms with Crippen molar-refractivity contribution in [1.29, 1.82) is 0 Å². The molecule has 2 atom stereocenters. The third-order valence-electron chi connectivity index (χ3n) is 6.29. The number of nitrogens with zero attached hydrogens (tertiary/aromatic N) is 3. The summed E-state index contributed by atoms with van der Waals surface area (Å²) in [6.07, 6.45) is 6.66. The molecule has 8 heteroatoms. The minimum Gasteiger partial charge on any atom is -0.372 e. The van der Waals surface area contributed by atoms with Crippen LogP contribution in [0, 0.1) is 0 Å². The molecule has 2 unspecified atom stereocenters. The first-order valence-corrected chi connectivity index (χ1v) is 12.3. The van der Waals surface area contributed by atoms with Crippen molar-refractivity contribution >= 4 is 23.4 Å². The number of benzene rings is 1. The van der Waals surface area contributed by atoms with Gasteiger partial charge in [-0.25, -0.2) is 9.78 Å². The summed E-state index contributed by atoms with van der Waals surface area (Å²) in [5.41, 5.74) is 2.23. The highest BCUT2D eigenvalue weighted by Crippen LogP contribution is 2.19. The van der Waals surface area contributed by atoms with E-state index >= 15 is 0 Å². The SMILES string of the molecule is CC1CN(c2ccc(CNC(=O)Nc3ccc(C(=O)N4CCCCCC4)cc3)cn2)CC(C)O1. The largest absolute Gasteiger partial charge is 0.372 e. The zero-order valence-electron chi connectivity index (χ0n) is 20.1. The van der Waals surface area contributed by atoms with E-state index in [4.69, 9.17) is 4.74 Å². The van der Waals surface area contributed by atoms with Crippen LogP contribution in [0.3, 0.4) is 0 Å². The normalized spacial score (nSPS) is 21.0. The second-order valence-corrected chi connectivity index (χ2v) is 9.28. The topological polar surface area (TPSA) is 86.8 Å². The summed E-state index contributed by atoms with van der Waals surface area (Å²) in [7, 11) is 0. The van der Waals surface area contributed by atoms with E-state index in [9.17, 15) is 9.59 Å². The number of hydrogen-bond acceptors (Lipinski definition) is 5. The number of ether oxygens (including phenoxy) is 1. The molecule has 1 aromatic carbocycles. The number of amides is 3. The van der Waals surface area contributed by atoms with E-state index in [1.165, 1.54) is 12.8 Å². The number of carbonyl (C=O) groups excluding carboxylic acids is 2. The second kappa shape index (κ2) is 11.3. The summed E-state index contributed by atoms with van der Waals surface area (Å²) in [4.78, 5) is 33.8. The van der Waals surface area contributed by atoms with E-state index in [1.54, 1.807) is 30.5 Å². The van der Waals surface area contributed by atoms with Crippen LogP contribution in [0.15, 0.2) is 42.6 Å². The van der Waals surface area contributed by atoms with E-state index in [2.05, 4.69) is 34.4 Å². The monoisotopic (exact) mass is 465 g/mol. The Morgan fingerprint density at radius 1 is 0.971 bits per heavy atom. The number of hydrogen-bond donors (Lipinski definition) is 2. The summed E-state index contributed by atoms with van der Waals surface area (Å²) in [5.74, 6) is 0.986. The average molecular weight is 466 g/mol. The summed E-state index contributed by atoms with van der Waals surface area (Å²) >= 11 is 0. The predicted molar refractivity (Wildman–Crippen MR) is 133 cm³/mol. The zero-order valence-corrected chi connectivity index (χ0v) is 20.1. The standard InChI is InChI=1S/C26H35N5O3/c1-19-17-31(18-20(2)34-19)24-12-7-21(15-27-24)16-28-26(33)29-23-10-8-22(9-11-23)25(32)30-13-5-3-4-6-14-30/h7-12,15,19-20H,3-6,13-14,16-18H2,1-2H3,(H2,28,29,33). The van der Waals surface area contributed by atoms with E-state index in [1.807, 2.05) is 17.0 Å². The number of nitrogens with one attached hydrogen (secondary N) is 2. The van der Waals surface area contributed by atoms with Crippen LogP contribution in [0.2, 0.25) is 0 Å². The number of carbonyl (C=O) groups is 2. The third-order valence-corrected chi connectivity index (χ3v) is 6.29. The molecule has 3 heterocycles. The van der Waals surface area contributed by atoms with Gasteiger partial charge in [-0.1, -0.05) is 18.9 Å². The molecule has 2 fully saturated rings. The van der Waals surface area contributed by atoms with Gasteiger partial charge in [0.15, 0.2) is 0 Å². The van der Waals surface area contributed by atoms with E-state index in [0.717, 1.165) is 50.4 Å². The van der Waals surface area contributed by atoms with Gasteiger partial charge >= 0.3 is 6.03 Å². The van der Waals surface area contributed by atoms with Gasteiger partial charge in [-0.2, -0.15) is 0 Å². The Morgan fingerprint density at radius 2 is 1.65 bits per heavy atom. The van der Waals surface area contributed by atoms with Gasteiger partial charge < -0.3 is 25.2 Å².